The monoisotopic (exact) mass is 480 g/mol. The predicted molar refractivity (Wildman–Crippen MR) is 125 cm³/mol. The summed E-state index contributed by atoms with van der Waals surface area (Å²) in [4.78, 5) is 11.5. The van der Waals surface area contributed by atoms with Crippen molar-refractivity contribution in [3.63, 3.8) is 0 Å². The fraction of sp³-hybridized carbons (Fsp3) is 0.115. The Bertz CT molecular complexity index is 857. The summed E-state index contributed by atoms with van der Waals surface area (Å²) >= 11 is 0. The Morgan fingerprint density at radius 3 is 1.60 bits per heavy atom. The van der Waals surface area contributed by atoms with Gasteiger partial charge in [0.15, 0.2) is 0 Å². The van der Waals surface area contributed by atoms with Gasteiger partial charge in [-0.15, -0.1) is 0 Å². The summed E-state index contributed by atoms with van der Waals surface area (Å²) < 4.78 is 4.94. The quantitative estimate of drug-likeness (QED) is 0.212. The lowest BCUT2D eigenvalue weighted by atomic mass is 10.4. The van der Waals surface area contributed by atoms with E-state index in [0.29, 0.717) is 6.61 Å². The van der Waals surface area contributed by atoms with E-state index < -0.39 is 7.26 Å². The van der Waals surface area contributed by atoms with E-state index in [1.54, 1.807) is 13.0 Å². The van der Waals surface area contributed by atoms with Gasteiger partial charge in [0.1, 0.15) is 23.2 Å². The van der Waals surface area contributed by atoms with Gasteiger partial charge in [-0.05, 0) is 49.4 Å². The van der Waals surface area contributed by atoms with Crippen LogP contribution in [-0.4, -0.2) is 18.7 Å². The van der Waals surface area contributed by atoms with E-state index in [0.717, 1.165) is 6.16 Å². The van der Waals surface area contributed by atoms with Crippen molar-refractivity contribution >= 4 is 29.1 Å². The highest BCUT2D eigenvalue weighted by atomic mass is 79.9. The van der Waals surface area contributed by atoms with E-state index in [1.807, 2.05) is 6.08 Å². The van der Waals surface area contributed by atoms with E-state index in [9.17, 15) is 4.79 Å². The Kier molecular flexibility index (Phi) is 9.73. The molecule has 2 nitrogen and oxygen atoms in total. The van der Waals surface area contributed by atoms with Crippen LogP contribution >= 0.6 is 7.26 Å². The molecule has 0 heterocycles. The highest BCUT2D eigenvalue weighted by molar-refractivity contribution is 7.95. The van der Waals surface area contributed by atoms with Crippen LogP contribution in [0.25, 0.3) is 0 Å². The second kappa shape index (κ2) is 12.3. The normalized spacial score (nSPS) is 11.4. The summed E-state index contributed by atoms with van der Waals surface area (Å²) in [5.41, 5.74) is 0. The molecule has 0 spiro atoms. The van der Waals surface area contributed by atoms with Crippen LogP contribution in [0.5, 0.6) is 0 Å². The van der Waals surface area contributed by atoms with Crippen molar-refractivity contribution < 1.29 is 26.5 Å². The third-order valence-corrected chi connectivity index (χ3v) is 9.03. The number of carbonyl (C=O) groups is 1. The second-order valence-corrected chi connectivity index (χ2v) is 10.1. The number of halogens is 1. The van der Waals surface area contributed by atoms with Crippen LogP contribution in [0.1, 0.15) is 6.92 Å². The summed E-state index contributed by atoms with van der Waals surface area (Å²) in [6.07, 6.45) is 8.20. The van der Waals surface area contributed by atoms with Crippen molar-refractivity contribution in [1.82, 2.24) is 0 Å². The number of allylic oxidation sites excluding steroid dienone is 3. The molecule has 0 aromatic heterocycles. The summed E-state index contributed by atoms with van der Waals surface area (Å²) in [7, 11) is -1.87. The number of rotatable bonds is 8. The van der Waals surface area contributed by atoms with Gasteiger partial charge in [-0.1, -0.05) is 66.7 Å². The minimum Gasteiger partial charge on any atom is -1.00 e. The van der Waals surface area contributed by atoms with Crippen molar-refractivity contribution in [3.8, 4) is 0 Å². The average molecular weight is 481 g/mol. The molecule has 0 saturated heterocycles. The minimum absolute atomic E-state index is 0. The maximum absolute atomic E-state index is 11.5. The topological polar surface area (TPSA) is 26.3 Å². The Morgan fingerprint density at radius 2 is 1.20 bits per heavy atom. The van der Waals surface area contributed by atoms with Gasteiger partial charge >= 0.3 is 5.97 Å². The molecule has 0 aliphatic heterocycles. The van der Waals surface area contributed by atoms with Gasteiger partial charge in [0.05, 0.1) is 12.8 Å². The number of benzene rings is 3. The van der Waals surface area contributed by atoms with Crippen LogP contribution in [0.3, 0.4) is 0 Å². The number of ether oxygens (including phenoxy) is 1. The fourth-order valence-electron chi connectivity index (χ4n) is 3.43. The largest absolute Gasteiger partial charge is 1.00 e. The Morgan fingerprint density at radius 1 is 0.767 bits per heavy atom. The molecule has 3 rings (SSSR count). The lowest BCUT2D eigenvalue weighted by Gasteiger charge is -2.26. The van der Waals surface area contributed by atoms with Gasteiger partial charge in [0.25, 0.3) is 0 Å². The molecule has 0 unspecified atom stereocenters. The minimum atomic E-state index is -1.87. The zero-order valence-corrected chi connectivity index (χ0v) is 19.5. The molecule has 3 aromatic rings. The summed E-state index contributed by atoms with van der Waals surface area (Å²) in [5, 5.41) is 4.03. The van der Waals surface area contributed by atoms with Crippen molar-refractivity contribution in [2.24, 2.45) is 0 Å². The van der Waals surface area contributed by atoms with E-state index in [1.165, 1.54) is 22.0 Å². The molecule has 4 heteroatoms. The second-order valence-electron chi connectivity index (χ2n) is 6.54. The third kappa shape index (κ3) is 5.78. The molecule has 154 valence electrons. The van der Waals surface area contributed by atoms with Gasteiger partial charge in [0, 0.05) is 6.08 Å². The van der Waals surface area contributed by atoms with Crippen LogP contribution in [0.2, 0.25) is 0 Å². The lowest BCUT2D eigenvalue weighted by Crippen LogP contribution is -3.00. The maximum Gasteiger partial charge on any atom is 0.330 e. The molecule has 30 heavy (non-hydrogen) atoms. The Labute approximate surface area is 190 Å². The molecule has 0 amide bonds. The van der Waals surface area contributed by atoms with Crippen LogP contribution < -0.4 is 32.9 Å². The first-order valence-electron chi connectivity index (χ1n) is 9.82. The van der Waals surface area contributed by atoms with E-state index in [4.69, 9.17) is 4.74 Å². The van der Waals surface area contributed by atoms with Gasteiger partial charge < -0.3 is 21.7 Å². The molecule has 0 aliphatic carbocycles. The van der Waals surface area contributed by atoms with E-state index in [2.05, 4.69) is 97.1 Å². The highest BCUT2D eigenvalue weighted by Crippen LogP contribution is 2.55. The highest BCUT2D eigenvalue weighted by Gasteiger charge is 2.43. The zero-order chi connectivity index (χ0) is 20.4. The van der Waals surface area contributed by atoms with Crippen molar-refractivity contribution in [3.05, 3.63) is 115 Å². The van der Waals surface area contributed by atoms with Crippen LogP contribution in [0.4, 0.5) is 0 Å². The van der Waals surface area contributed by atoms with Crippen molar-refractivity contribution in [1.29, 1.82) is 0 Å². The fourth-order valence-corrected chi connectivity index (χ4v) is 7.44. The smallest absolute Gasteiger partial charge is 0.330 e. The third-order valence-electron chi connectivity index (χ3n) is 4.74. The van der Waals surface area contributed by atoms with Crippen LogP contribution in [0.15, 0.2) is 115 Å². The summed E-state index contributed by atoms with van der Waals surface area (Å²) in [6.45, 7) is 2.19. The van der Waals surface area contributed by atoms with E-state index in [-0.39, 0.29) is 23.0 Å². The standard InChI is InChI=1S/C26H26O2P.BrH/c1-2-28-26(27)21-13-6-14-22-29(23-15-7-3-8-16-23,24-17-9-4-10-18-24)25-19-11-5-12-20-25;/h3-21H,2,22H2,1H3;1H/q+1;/p-1/b14-6+,21-13+;. The van der Waals surface area contributed by atoms with Gasteiger partial charge in [-0.2, -0.15) is 0 Å². The molecule has 0 bridgehead atoms. The molecule has 0 radical (unpaired) electrons. The molecule has 3 aromatic carbocycles. The summed E-state index contributed by atoms with van der Waals surface area (Å²) in [5.74, 6) is -0.313. The average Bonchev–Trinajstić information content (AvgIpc) is 2.78. The number of hydrogen-bond donors (Lipinski definition) is 0. The first-order chi connectivity index (χ1) is 14.3. The first kappa shape index (κ1) is 23.8. The van der Waals surface area contributed by atoms with Crippen molar-refractivity contribution in [2.45, 2.75) is 6.92 Å². The predicted octanol–water partition coefficient (Wildman–Crippen LogP) is 1.66. The number of hydrogen-bond acceptors (Lipinski definition) is 2. The van der Waals surface area contributed by atoms with Crippen molar-refractivity contribution in [2.75, 3.05) is 12.8 Å². The van der Waals surface area contributed by atoms with Crippen LogP contribution in [-0.2, 0) is 9.53 Å². The molecular formula is C26H26BrO2P. The summed E-state index contributed by atoms with van der Waals surface area (Å²) in [6, 6.07) is 32.2. The Hall–Kier alpha value is -2.48. The molecular weight excluding hydrogens is 455 g/mol. The first-order valence-corrected chi connectivity index (χ1v) is 11.8. The molecule has 0 aliphatic rings. The molecule has 0 saturated carbocycles. The number of carbonyl (C=O) groups excluding carboxylic acids is 1. The SMILES string of the molecule is CCOC(=O)/C=C/C=C/C[P+](c1ccccc1)(c1ccccc1)c1ccccc1.[Br-]. The van der Waals surface area contributed by atoms with E-state index >= 15 is 0 Å². The molecule has 0 atom stereocenters. The van der Waals surface area contributed by atoms with Gasteiger partial charge in [-0.3, -0.25) is 0 Å². The molecule has 0 fully saturated rings. The zero-order valence-electron chi connectivity index (χ0n) is 17.0. The van der Waals surface area contributed by atoms with Crippen LogP contribution in [0, 0.1) is 0 Å². The Balaban J connectivity index is 0.00000320. The number of esters is 1. The molecule has 0 N–H and O–H groups in total. The van der Waals surface area contributed by atoms with Gasteiger partial charge in [-0.25, -0.2) is 4.79 Å². The maximum atomic E-state index is 11.5. The van der Waals surface area contributed by atoms with Gasteiger partial charge in [0.2, 0.25) is 0 Å². The lowest BCUT2D eigenvalue weighted by molar-refractivity contribution is -0.137.